The van der Waals surface area contributed by atoms with Gasteiger partial charge in [0.1, 0.15) is 0 Å². The Balaban J connectivity index is 2.37. The van der Waals surface area contributed by atoms with Gasteiger partial charge in [-0.3, -0.25) is 4.79 Å². The molecule has 0 radical (unpaired) electrons. The number of anilines is 1. The summed E-state index contributed by atoms with van der Waals surface area (Å²) < 4.78 is 6.46. The van der Waals surface area contributed by atoms with Crippen molar-refractivity contribution in [3.05, 3.63) is 15.0 Å². The van der Waals surface area contributed by atoms with Gasteiger partial charge in [-0.25, -0.2) is 0 Å². The Morgan fingerprint density at radius 1 is 1.73 bits per heavy atom. The van der Waals surface area contributed by atoms with Crippen LogP contribution in [0.15, 0.2) is 9.40 Å². The molecule has 0 unspecified atom stereocenters. The molecule has 0 bridgehead atoms. The molecule has 0 saturated carbocycles. The Morgan fingerprint density at radius 2 is 2.47 bits per heavy atom. The quantitative estimate of drug-likeness (QED) is 0.770. The smallest absolute Gasteiger partial charge is 0.307 e. The van der Waals surface area contributed by atoms with Crippen LogP contribution in [-0.2, 0) is 4.74 Å². The molecule has 0 aromatic carbocycles. The maximum atomic E-state index is 11.2. The van der Waals surface area contributed by atoms with Crippen molar-refractivity contribution in [2.45, 2.75) is 19.4 Å². The summed E-state index contributed by atoms with van der Waals surface area (Å²) in [6.07, 6.45) is -1.60. The standard InChI is InChI=1S/C7H9BrN4O3/c1-2-15-5-6(14)12-7(10-5)9-4(13)3(8)11-12/h5-6,14H,2H2,1H3,(H,9,10,13)/t5-,6-/m1/s1. The van der Waals surface area contributed by atoms with E-state index in [9.17, 15) is 9.90 Å². The van der Waals surface area contributed by atoms with Crippen molar-refractivity contribution in [2.24, 2.45) is 0 Å². The summed E-state index contributed by atoms with van der Waals surface area (Å²) in [5.41, 5.74) is -0.488. The highest BCUT2D eigenvalue weighted by molar-refractivity contribution is 9.10. The number of hydrogen-bond donors (Lipinski definition) is 2. The van der Waals surface area contributed by atoms with Crippen molar-refractivity contribution < 1.29 is 9.84 Å². The monoisotopic (exact) mass is 276 g/mol. The normalized spacial score (nSPS) is 23.7. The maximum Gasteiger partial charge on any atom is 0.307 e. The van der Waals surface area contributed by atoms with Crippen LogP contribution in [0.2, 0.25) is 0 Å². The molecule has 2 atom stereocenters. The Morgan fingerprint density at radius 3 is 3.13 bits per heavy atom. The van der Waals surface area contributed by atoms with Crippen LogP contribution in [0, 0.1) is 0 Å². The van der Waals surface area contributed by atoms with E-state index in [-0.39, 0.29) is 10.6 Å². The van der Waals surface area contributed by atoms with Gasteiger partial charge in [0.05, 0.1) is 0 Å². The minimum atomic E-state index is -0.982. The van der Waals surface area contributed by atoms with Crippen LogP contribution in [0.5, 0.6) is 0 Å². The molecule has 0 saturated heterocycles. The lowest BCUT2D eigenvalue weighted by Gasteiger charge is -2.13. The van der Waals surface area contributed by atoms with E-state index in [1.54, 1.807) is 6.92 Å². The Labute approximate surface area is 93.2 Å². The van der Waals surface area contributed by atoms with E-state index in [2.05, 4.69) is 31.3 Å². The van der Waals surface area contributed by atoms with Crippen molar-refractivity contribution in [1.29, 1.82) is 0 Å². The van der Waals surface area contributed by atoms with Crippen LogP contribution in [-0.4, -0.2) is 32.7 Å². The zero-order valence-electron chi connectivity index (χ0n) is 7.85. The predicted molar refractivity (Wildman–Crippen MR) is 54.3 cm³/mol. The van der Waals surface area contributed by atoms with Gasteiger partial charge in [0, 0.05) is 6.61 Å². The van der Waals surface area contributed by atoms with Crippen molar-refractivity contribution in [3.8, 4) is 0 Å². The fraction of sp³-hybridized carbons (Fsp3) is 0.571. The molecule has 82 valence electrons. The van der Waals surface area contributed by atoms with Gasteiger partial charge in [0.15, 0.2) is 17.1 Å². The van der Waals surface area contributed by atoms with Gasteiger partial charge < -0.3 is 15.2 Å². The van der Waals surface area contributed by atoms with E-state index in [0.717, 1.165) is 0 Å². The molecule has 1 aliphatic heterocycles. The lowest BCUT2D eigenvalue weighted by Crippen LogP contribution is -2.26. The first kappa shape index (κ1) is 10.5. The molecule has 0 amide bonds. The number of nitrogens with one attached hydrogen (secondary N) is 1. The summed E-state index contributed by atoms with van der Waals surface area (Å²) in [7, 11) is 0. The molecule has 1 aromatic heterocycles. The van der Waals surface area contributed by atoms with E-state index >= 15 is 0 Å². The summed E-state index contributed by atoms with van der Waals surface area (Å²) in [5.74, 6) is 0.203. The lowest BCUT2D eigenvalue weighted by atomic mass is 10.5. The SMILES string of the molecule is CCO[C@H]1Nc2nc(=O)c(Br)nn2[C@@H]1O. The van der Waals surface area contributed by atoms with Gasteiger partial charge in [-0.15, -0.1) is 0 Å². The van der Waals surface area contributed by atoms with E-state index in [4.69, 9.17) is 4.74 Å². The third-order valence-electron chi connectivity index (χ3n) is 1.94. The number of hydrogen-bond acceptors (Lipinski definition) is 6. The molecule has 2 N–H and O–H groups in total. The second-order valence-corrected chi connectivity index (χ2v) is 3.66. The summed E-state index contributed by atoms with van der Waals surface area (Å²) in [4.78, 5) is 14.8. The average molecular weight is 277 g/mol. The number of rotatable bonds is 2. The number of fused-ring (bicyclic) bond motifs is 1. The number of nitrogens with zero attached hydrogens (tertiary/aromatic N) is 3. The maximum absolute atomic E-state index is 11.2. The Bertz CT molecular complexity index is 435. The van der Waals surface area contributed by atoms with E-state index < -0.39 is 18.0 Å². The topological polar surface area (TPSA) is 89.3 Å². The van der Waals surface area contributed by atoms with E-state index in [1.165, 1.54) is 4.68 Å². The van der Waals surface area contributed by atoms with Crippen LogP contribution < -0.4 is 10.9 Å². The molecule has 2 heterocycles. The number of ether oxygens (including phenoxy) is 1. The van der Waals surface area contributed by atoms with Gasteiger partial charge in [-0.2, -0.15) is 14.8 Å². The van der Waals surface area contributed by atoms with Gasteiger partial charge >= 0.3 is 5.56 Å². The van der Waals surface area contributed by atoms with Crippen LogP contribution in [0.4, 0.5) is 5.95 Å². The Hall–Kier alpha value is -0.990. The van der Waals surface area contributed by atoms with E-state index in [0.29, 0.717) is 6.61 Å². The second kappa shape index (κ2) is 3.87. The minimum absolute atomic E-state index is 0.0595. The molecule has 0 aliphatic carbocycles. The highest BCUT2D eigenvalue weighted by Gasteiger charge is 2.32. The van der Waals surface area contributed by atoms with Crippen LogP contribution in [0.25, 0.3) is 0 Å². The number of aliphatic hydroxyl groups excluding tert-OH is 1. The summed E-state index contributed by atoms with van der Waals surface area (Å²) in [5, 5.41) is 16.3. The largest absolute Gasteiger partial charge is 0.368 e. The molecule has 0 spiro atoms. The average Bonchev–Trinajstić information content (AvgIpc) is 2.47. The van der Waals surface area contributed by atoms with Gasteiger partial charge in [0.2, 0.25) is 5.95 Å². The van der Waals surface area contributed by atoms with Crippen LogP contribution in [0.1, 0.15) is 13.2 Å². The lowest BCUT2D eigenvalue weighted by molar-refractivity contribution is -0.0451. The van der Waals surface area contributed by atoms with Gasteiger partial charge in [-0.05, 0) is 22.9 Å². The first-order valence-electron chi connectivity index (χ1n) is 4.36. The summed E-state index contributed by atoms with van der Waals surface area (Å²) in [6.45, 7) is 2.24. The van der Waals surface area contributed by atoms with Crippen molar-refractivity contribution >= 4 is 21.9 Å². The molecule has 7 nitrogen and oxygen atoms in total. The van der Waals surface area contributed by atoms with Crippen molar-refractivity contribution in [3.63, 3.8) is 0 Å². The highest BCUT2D eigenvalue weighted by atomic mass is 79.9. The number of aliphatic hydroxyl groups is 1. The van der Waals surface area contributed by atoms with Crippen LogP contribution >= 0.6 is 15.9 Å². The zero-order valence-corrected chi connectivity index (χ0v) is 9.43. The predicted octanol–water partition coefficient (Wildman–Crippen LogP) is -0.320. The summed E-state index contributed by atoms with van der Waals surface area (Å²) in [6, 6.07) is 0. The Kier molecular flexibility index (Phi) is 2.72. The van der Waals surface area contributed by atoms with Crippen molar-refractivity contribution in [1.82, 2.24) is 14.8 Å². The fourth-order valence-corrected chi connectivity index (χ4v) is 1.56. The van der Waals surface area contributed by atoms with Crippen molar-refractivity contribution in [2.75, 3.05) is 11.9 Å². The highest BCUT2D eigenvalue weighted by Crippen LogP contribution is 2.23. The molecule has 1 aliphatic rings. The molecule has 2 rings (SSSR count). The third kappa shape index (κ3) is 1.75. The second-order valence-electron chi connectivity index (χ2n) is 2.91. The first-order chi connectivity index (χ1) is 7.13. The number of halogens is 1. The van der Waals surface area contributed by atoms with Gasteiger partial charge in [0.25, 0.3) is 0 Å². The minimum Gasteiger partial charge on any atom is -0.368 e. The zero-order chi connectivity index (χ0) is 11.0. The molecule has 8 heteroatoms. The molecule has 0 fully saturated rings. The molecule has 1 aromatic rings. The fourth-order valence-electron chi connectivity index (χ4n) is 1.30. The third-order valence-corrected chi connectivity index (χ3v) is 2.43. The van der Waals surface area contributed by atoms with E-state index in [1.807, 2.05) is 0 Å². The number of aromatic nitrogens is 3. The molecular formula is C7H9BrN4O3. The molecular weight excluding hydrogens is 268 g/mol. The van der Waals surface area contributed by atoms with Gasteiger partial charge in [-0.1, -0.05) is 0 Å². The first-order valence-corrected chi connectivity index (χ1v) is 5.15. The molecule has 15 heavy (non-hydrogen) atoms. The van der Waals surface area contributed by atoms with Crippen LogP contribution in [0.3, 0.4) is 0 Å². The summed E-state index contributed by atoms with van der Waals surface area (Å²) >= 11 is 2.95.